The minimum absolute atomic E-state index is 0.0544. The molecule has 0 bridgehead atoms. The summed E-state index contributed by atoms with van der Waals surface area (Å²) in [7, 11) is -3.47. The second kappa shape index (κ2) is 5.70. The summed E-state index contributed by atoms with van der Waals surface area (Å²) >= 11 is 4.81. The Morgan fingerprint density at radius 2 is 1.90 bits per heavy atom. The zero-order valence-corrected chi connectivity index (χ0v) is 12.8. The van der Waals surface area contributed by atoms with E-state index in [1.807, 2.05) is 0 Å². The van der Waals surface area contributed by atoms with Crippen molar-refractivity contribution in [2.75, 3.05) is 0 Å². The first-order chi connectivity index (χ1) is 10.0. The molecule has 0 spiro atoms. The Hall–Kier alpha value is -1.51. The second-order valence-corrected chi connectivity index (χ2v) is 7.13. The van der Waals surface area contributed by atoms with Crippen LogP contribution in [0.2, 0.25) is 0 Å². The summed E-state index contributed by atoms with van der Waals surface area (Å²) in [6.45, 7) is 0. The molecule has 6 nitrogen and oxygen atoms in total. The maximum atomic E-state index is 12.3. The number of H-pyrrole nitrogens is 1. The molecule has 1 saturated carbocycles. The Kier molecular flexibility index (Phi) is 3.92. The third-order valence-corrected chi connectivity index (χ3v) is 5.24. The van der Waals surface area contributed by atoms with Crippen molar-refractivity contribution in [1.29, 1.82) is 0 Å². The van der Waals surface area contributed by atoms with E-state index < -0.39 is 10.0 Å². The molecule has 0 amide bonds. The van der Waals surface area contributed by atoms with E-state index in [1.165, 1.54) is 0 Å². The predicted molar refractivity (Wildman–Crippen MR) is 79.7 cm³/mol. The molecule has 1 fully saturated rings. The van der Waals surface area contributed by atoms with Crippen molar-refractivity contribution in [3.8, 4) is 11.5 Å². The first kappa shape index (κ1) is 14.4. The van der Waals surface area contributed by atoms with Gasteiger partial charge in [-0.2, -0.15) is 0 Å². The van der Waals surface area contributed by atoms with Gasteiger partial charge in [-0.1, -0.05) is 12.8 Å². The maximum Gasteiger partial charge on any atom is 0.284 e. The number of nitrogens with one attached hydrogen (secondary N) is 2. The molecule has 1 aromatic heterocycles. The first-order valence-electron chi connectivity index (χ1n) is 6.73. The SMILES string of the molecule is O=S(=O)(NC1CCCC1)c1ccc(-c2n[nH]c(=S)o2)cc1. The van der Waals surface area contributed by atoms with Crippen LogP contribution in [0.15, 0.2) is 33.6 Å². The minimum atomic E-state index is -3.47. The van der Waals surface area contributed by atoms with E-state index in [-0.39, 0.29) is 15.8 Å². The lowest BCUT2D eigenvalue weighted by Gasteiger charge is -2.12. The van der Waals surface area contributed by atoms with Gasteiger partial charge in [-0.05, 0) is 49.3 Å². The van der Waals surface area contributed by atoms with E-state index >= 15 is 0 Å². The van der Waals surface area contributed by atoms with Gasteiger partial charge in [-0.15, -0.1) is 5.10 Å². The number of nitrogens with zero attached hydrogens (tertiary/aromatic N) is 1. The van der Waals surface area contributed by atoms with E-state index in [4.69, 9.17) is 16.6 Å². The number of hydrogen-bond donors (Lipinski definition) is 2. The topological polar surface area (TPSA) is 88.0 Å². The van der Waals surface area contributed by atoms with Crippen LogP contribution in [0, 0.1) is 4.84 Å². The van der Waals surface area contributed by atoms with Crippen LogP contribution in [-0.2, 0) is 10.0 Å². The van der Waals surface area contributed by atoms with Gasteiger partial charge in [0.05, 0.1) is 4.90 Å². The molecule has 112 valence electrons. The summed E-state index contributed by atoms with van der Waals surface area (Å²) in [5, 5.41) is 6.43. The van der Waals surface area contributed by atoms with Crippen molar-refractivity contribution >= 4 is 22.2 Å². The van der Waals surface area contributed by atoms with Crippen LogP contribution >= 0.6 is 12.2 Å². The maximum absolute atomic E-state index is 12.3. The van der Waals surface area contributed by atoms with Gasteiger partial charge in [0.25, 0.3) is 4.84 Å². The van der Waals surface area contributed by atoms with Gasteiger partial charge in [0.1, 0.15) is 0 Å². The monoisotopic (exact) mass is 325 g/mol. The summed E-state index contributed by atoms with van der Waals surface area (Å²) in [5.74, 6) is 0.340. The fourth-order valence-electron chi connectivity index (χ4n) is 2.46. The molecule has 0 atom stereocenters. The van der Waals surface area contributed by atoms with Gasteiger partial charge in [-0.25, -0.2) is 18.2 Å². The van der Waals surface area contributed by atoms with Crippen molar-refractivity contribution < 1.29 is 12.8 Å². The Labute approximate surface area is 127 Å². The number of rotatable bonds is 4. The number of aromatic amines is 1. The highest BCUT2D eigenvalue weighted by Crippen LogP contribution is 2.22. The molecule has 1 aromatic carbocycles. The van der Waals surface area contributed by atoms with E-state index in [1.54, 1.807) is 24.3 Å². The first-order valence-corrected chi connectivity index (χ1v) is 8.62. The number of hydrogen-bond acceptors (Lipinski definition) is 5. The number of benzene rings is 1. The van der Waals surface area contributed by atoms with E-state index in [2.05, 4.69) is 14.9 Å². The van der Waals surface area contributed by atoms with Gasteiger partial charge in [0.2, 0.25) is 15.9 Å². The lowest BCUT2D eigenvalue weighted by atomic mass is 10.2. The third-order valence-electron chi connectivity index (χ3n) is 3.53. The number of sulfonamides is 1. The van der Waals surface area contributed by atoms with Gasteiger partial charge in [0.15, 0.2) is 0 Å². The van der Waals surface area contributed by atoms with Crippen molar-refractivity contribution in [3.05, 3.63) is 29.1 Å². The molecule has 0 saturated heterocycles. The molecule has 8 heteroatoms. The molecule has 1 aliphatic carbocycles. The highest BCUT2D eigenvalue weighted by molar-refractivity contribution is 7.89. The van der Waals surface area contributed by atoms with E-state index in [0.717, 1.165) is 25.7 Å². The molecule has 1 heterocycles. The van der Waals surface area contributed by atoms with Gasteiger partial charge in [-0.3, -0.25) is 0 Å². The lowest BCUT2D eigenvalue weighted by molar-refractivity contribution is 0.550. The molecule has 2 N–H and O–H groups in total. The summed E-state index contributed by atoms with van der Waals surface area (Å²) in [6.07, 6.45) is 3.97. The van der Waals surface area contributed by atoms with Crippen molar-refractivity contribution in [2.24, 2.45) is 0 Å². The normalized spacial score (nSPS) is 16.4. The van der Waals surface area contributed by atoms with Gasteiger partial charge in [0, 0.05) is 11.6 Å². The Morgan fingerprint density at radius 1 is 1.24 bits per heavy atom. The van der Waals surface area contributed by atoms with Gasteiger partial charge < -0.3 is 4.42 Å². The van der Waals surface area contributed by atoms with E-state index in [0.29, 0.717) is 11.5 Å². The van der Waals surface area contributed by atoms with Crippen LogP contribution in [0.4, 0.5) is 0 Å². The highest BCUT2D eigenvalue weighted by atomic mass is 32.2. The molecule has 1 aliphatic rings. The number of aromatic nitrogens is 2. The molecular formula is C13H15N3O3S2. The van der Waals surface area contributed by atoms with Crippen molar-refractivity contribution in [2.45, 2.75) is 36.6 Å². The standard InChI is InChI=1S/C13H15N3O3S2/c17-21(18,16-10-3-1-2-4-10)11-7-5-9(6-8-11)12-14-15-13(20)19-12/h5-8,10,16H,1-4H2,(H,15,20). The third kappa shape index (κ3) is 3.22. The van der Waals surface area contributed by atoms with Crippen LogP contribution in [0.1, 0.15) is 25.7 Å². The second-order valence-electron chi connectivity index (χ2n) is 5.05. The van der Waals surface area contributed by atoms with Crippen molar-refractivity contribution in [1.82, 2.24) is 14.9 Å². The van der Waals surface area contributed by atoms with Crippen LogP contribution < -0.4 is 4.72 Å². The molecule has 3 rings (SSSR count). The summed E-state index contributed by atoms with van der Waals surface area (Å²) in [4.78, 5) is 0.428. The fourth-order valence-corrected chi connectivity index (χ4v) is 3.89. The highest BCUT2D eigenvalue weighted by Gasteiger charge is 2.22. The molecule has 0 unspecified atom stereocenters. The summed E-state index contributed by atoms with van der Waals surface area (Å²) in [6, 6.07) is 6.44. The average molecular weight is 325 g/mol. The van der Waals surface area contributed by atoms with Gasteiger partial charge >= 0.3 is 0 Å². The van der Waals surface area contributed by atoms with Crippen LogP contribution in [0.3, 0.4) is 0 Å². The fraction of sp³-hybridized carbons (Fsp3) is 0.385. The smallest absolute Gasteiger partial charge is 0.284 e. The van der Waals surface area contributed by atoms with Crippen LogP contribution in [-0.4, -0.2) is 24.7 Å². The molecule has 2 aromatic rings. The zero-order chi connectivity index (χ0) is 14.9. The largest absolute Gasteiger partial charge is 0.409 e. The Morgan fingerprint density at radius 3 is 2.48 bits per heavy atom. The Balaban J connectivity index is 1.81. The Bertz CT molecular complexity index is 771. The van der Waals surface area contributed by atoms with Crippen LogP contribution in [0.25, 0.3) is 11.5 Å². The molecule has 0 aliphatic heterocycles. The predicted octanol–water partition coefficient (Wildman–Crippen LogP) is 2.62. The zero-order valence-electron chi connectivity index (χ0n) is 11.2. The van der Waals surface area contributed by atoms with E-state index in [9.17, 15) is 8.42 Å². The summed E-state index contributed by atoms with van der Waals surface area (Å²) in [5.41, 5.74) is 0.669. The van der Waals surface area contributed by atoms with Crippen molar-refractivity contribution in [3.63, 3.8) is 0 Å². The summed E-state index contributed by atoms with van der Waals surface area (Å²) < 4.78 is 32.5. The molecular weight excluding hydrogens is 310 g/mol. The average Bonchev–Trinajstić information content (AvgIpc) is 3.10. The minimum Gasteiger partial charge on any atom is -0.409 e. The quantitative estimate of drug-likeness (QED) is 0.844. The van der Waals surface area contributed by atoms with Crippen LogP contribution in [0.5, 0.6) is 0 Å². The lowest BCUT2D eigenvalue weighted by Crippen LogP contribution is -2.32. The molecule has 21 heavy (non-hydrogen) atoms. The molecule has 0 radical (unpaired) electrons.